The fraction of sp³-hybridized carbons (Fsp3) is 0.333. The van der Waals surface area contributed by atoms with Gasteiger partial charge in [0.05, 0.1) is 5.56 Å². The monoisotopic (exact) mass is 328 g/mol. The van der Waals surface area contributed by atoms with Crippen LogP contribution in [0.5, 0.6) is 5.75 Å². The first kappa shape index (κ1) is 13.8. The molecule has 0 spiro atoms. The van der Waals surface area contributed by atoms with Crippen molar-refractivity contribution < 1.29 is 19.8 Å². The van der Waals surface area contributed by atoms with Crippen LogP contribution in [0.2, 0.25) is 0 Å². The molecular weight excluding hydrogens is 316 g/mol. The number of hydrogen-bond donors (Lipinski definition) is 3. The van der Waals surface area contributed by atoms with Crippen LogP contribution >= 0.6 is 15.9 Å². The second-order valence-electron chi connectivity index (χ2n) is 4.22. The molecule has 1 amide bonds. The number of carbonyl (C=O) groups is 2. The van der Waals surface area contributed by atoms with Crippen molar-refractivity contribution in [3.63, 3.8) is 0 Å². The molecule has 0 aromatic heterocycles. The number of carboxylic acids is 1. The summed E-state index contributed by atoms with van der Waals surface area (Å²) in [5.41, 5.74) is 0.0996. The van der Waals surface area contributed by atoms with Crippen molar-refractivity contribution in [2.75, 3.05) is 19.6 Å². The van der Waals surface area contributed by atoms with Crippen molar-refractivity contribution >= 4 is 27.8 Å². The third-order valence-corrected chi connectivity index (χ3v) is 3.47. The van der Waals surface area contributed by atoms with Crippen LogP contribution in [0.25, 0.3) is 0 Å². The van der Waals surface area contributed by atoms with Gasteiger partial charge in [-0.2, -0.15) is 0 Å². The molecule has 0 saturated carbocycles. The Hall–Kier alpha value is -1.60. The summed E-state index contributed by atoms with van der Waals surface area (Å²) in [5.74, 6) is -1.70. The summed E-state index contributed by atoms with van der Waals surface area (Å²) in [7, 11) is 0. The molecule has 2 rings (SSSR count). The quantitative estimate of drug-likeness (QED) is 0.741. The molecule has 1 atom stereocenters. The van der Waals surface area contributed by atoms with E-state index in [1.807, 2.05) is 0 Å². The number of hydrogen-bond acceptors (Lipinski definition) is 4. The maximum absolute atomic E-state index is 12.3. The second-order valence-corrected chi connectivity index (χ2v) is 5.13. The maximum Gasteiger partial charge on any atom is 0.327 e. The molecule has 1 unspecified atom stereocenters. The van der Waals surface area contributed by atoms with Crippen LogP contribution in [-0.2, 0) is 4.79 Å². The Morgan fingerprint density at radius 1 is 1.42 bits per heavy atom. The van der Waals surface area contributed by atoms with Gasteiger partial charge in [0.2, 0.25) is 0 Å². The first-order chi connectivity index (χ1) is 9.00. The van der Waals surface area contributed by atoms with Gasteiger partial charge in [0.15, 0.2) is 0 Å². The zero-order chi connectivity index (χ0) is 14.0. The zero-order valence-electron chi connectivity index (χ0n) is 9.97. The number of piperazine rings is 1. The number of aromatic hydroxyl groups is 1. The van der Waals surface area contributed by atoms with Gasteiger partial charge in [0.25, 0.3) is 5.91 Å². The first-order valence-electron chi connectivity index (χ1n) is 5.73. The predicted octanol–water partition coefficient (Wildman–Crippen LogP) is 0.653. The minimum Gasteiger partial charge on any atom is -0.507 e. The zero-order valence-corrected chi connectivity index (χ0v) is 11.6. The van der Waals surface area contributed by atoms with Gasteiger partial charge in [-0.3, -0.25) is 4.79 Å². The lowest BCUT2D eigenvalue weighted by atomic mass is 10.1. The minimum absolute atomic E-state index is 0.0996. The van der Waals surface area contributed by atoms with Crippen molar-refractivity contribution in [2.24, 2.45) is 0 Å². The molecule has 1 heterocycles. The Balaban J connectivity index is 2.31. The van der Waals surface area contributed by atoms with Crippen molar-refractivity contribution in [1.82, 2.24) is 10.2 Å². The largest absolute Gasteiger partial charge is 0.507 e. The van der Waals surface area contributed by atoms with E-state index in [9.17, 15) is 14.7 Å². The van der Waals surface area contributed by atoms with Gasteiger partial charge >= 0.3 is 5.97 Å². The molecule has 1 saturated heterocycles. The van der Waals surface area contributed by atoms with Gasteiger partial charge in [-0.15, -0.1) is 0 Å². The SMILES string of the molecule is O=C(O)C1CNCCN1C(=O)c1cc(Br)ccc1O. The van der Waals surface area contributed by atoms with Crippen molar-refractivity contribution in [3.8, 4) is 5.75 Å². The van der Waals surface area contributed by atoms with E-state index in [-0.39, 0.29) is 17.9 Å². The lowest BCUT2D eigenvalue weighted by Crippen LogP contribution is -2.57. The number of halogens is 1. The standard InChI is InChI=1S/C12H13BrN2O4/c13-7-1-2-10(16)8(5-7)11(17)15-4-3-14-6-9(15)12(18)19/h1-2,5,9,14,16H,3-4,6H2,(H,18,19). The molecule has 0 aliphatic carbocycles. The molecule has 1 aliphatic heterocycles. The highest BCUT2D eigenvalue weighted by atomic mass is 79.9. The van der Waals surface area contributed by atoms with Crippen LogP contribution in [0.4, 0.5) is 0 Å². The third-order valence-electron chi connectivity index (χ3n) is 2.98. The highest BCUT2D eigenvalue weighted by molar-refractivity contribution is 9.10. The molecule has 1 aromatic rings. The Morgan fingerprint density at radius 3 is 2.84 bits per heavy atom. The van der Waals surface area contributed by atoms with Crippen LogP contribution in [0.1, 0.15) is 10.4 Å². The van der Waals surface area contributed by atoms with Crippen molar-refractivity contribution in [3.05, 3.63) is 28.2 Å². The van der Waals surface area contributed by atoms with E-state index < -0.39 is 17.9 Å². The number of amides is 1. The molecular formula is C12H13BrN2O4. The molecule has 1 aromatic carbocycles. The number of carbonyl (C=O) groups excluding carboxylic acids is 1. The Kier molecular flexibility index (Phi) is 4.06. The summed E-state index contributed by atoms with van der Waals surface area (Å²) in [4.78, 5) is 24.8. The molecule has 7 heteroatoms. The van der Waals surface area contributed by atoms with Gasteiger partial charge in [-0.25, -0.2) is 4.79 Å². The van der Waals surface area contributed by atoms with Gasteiger partial charge in [-0.05, 0) is 18.2 Å². The number of carboxylic acid groups (broad SMARTS) is 1. The molecule has 0 bridgehead atoms. The topological polar surface area (TPSA) is 89.9 Å². The first-order valence-corrected chi connectivity index (χ1v) is 6.53. The lowest BCUT2D eigenvalue weighted by molar-refractivity contribution is -0.142. The maximum atomic E-state index is 12.3. The van der Waals surface area contributed by atoms with Crippen LogP contribution in [0.15, 0.2) is 22.7 Å². The summed E-state index contributed by atoms with van der Waals surface area (Å²) in [6, 6.07) is 3.58. The average Bonchev–Trinajstić information content (AvgIpc) is 2.40. The van der Waals surface area contributed by atoms with Gasteiger partial charge < -0.3 is 20.4 Å². The number of rotatable bonds is 2. The summed E-state index contributed by atoms with van der Waals surface area (Å²) in [6.45, 7) is 1.03. The highest BCUT2D eigenvalue weighted by Crippen LogP contribution is 2.24. The van der Waals surface area contributed by atoms with E-state index in [4.69, 9.17) is 5.11 Å². The minimum atomic E-state index is -1.06. The predicted molar refractivity (Wildman–Crippen MR) is 71.1 cm³/mol. The van der Waals surface area contributed by atoms with Gasteiger partial charge in [0, 0.05) is 24.1 Å². The van der Waals surface area contributed by atoms with E-state index in [1.54, 1.807) is 6.07 Å². The van der Waals surface area contributed by atoms with Gasteiger partial charge in [0.1, 0.15) is 11.8 Å². The van der Waals surface area contributed by atoms with Crippen LogP contribution in [-0.4, -0.2) is 52.7 Å². The van der Waals surface area contributed by atoms with Crippen LogP contribution < -0.4 is 5.32 Å². The van der Waals surface area contributed by atoms with Crippen molar-refractivity contribution in [2.45, 2.75) is 6.04 Å². The number of nitrogens with one attached hydrogen (secondary N) is 1. The van der Waals surface area contributed by atoms with E-state index in [1.165, 1.54) is 17.0 Å². The number of benzene rings is 1. The smallest absolute Gasteiger partial charge is 0.327 e. The average molecular weight is 329 g/mol. The van der Waals surface area contributed by atoms with Crippen LogP contribution in [0.3, 0.4) is 0 Å². The summed E-state index contributed by atoms with van der Waals surface area (Å²) < 4.78 is 0.649. The Morgan fingerprint density at radius 2 is 2.16 bits per heavy atom. The van der Waals surface area contributed by atoms with E-state index in [2.05, 4.69) is 21.2 Å². The van der Waals surface area contributed by atoms with E-state index in [0.717, 1.165) is 0 Å². The summed E-state index contributed by atoms with van der Waals surface area (Å²) in [6.07, 6.45) is 0. The van der Waals surface area contributed by atoms with Crippen LogP contribution in [0, 0.1) is 0 Å². The fourth-order valence-corrected chi connectivity index (χ4v) is 2.36. The molecule has 6 nitrogen and oxygen atoms in total. The van der Waals surface area contributed by atoms with Crippen molar-refractivity contribution in [1.29, 1.82) is 0 Å². The molecule has 102 valence electrons. The Bertz CT molecular complexity index is 520. The third kappa shape index (κ3) is 2.87. The van der Waals surface area contributed by atoms with E-state index >= 15 is 0 Å². The highest BCUT2D eigenvalue weighted by Gasteiger charge is 2.33. The molecule has 3 N–H and O–H groups in total. The molecule has 1 aliphatic rings. The summed E-state index contributed by atoms with van der Waals surface area (Å²) in [5, 5.41) is 21.8. The number of phenolic OH excluding ortho intramolecular Hbond substituents is 1. The summed E-state index contributed by atoms with van der Waals surface area (Å²) >= 11 is 3.22. The second kappa shape index (κ2) is 5.58. The van der Waals surface area contributed by atoms with Gasteiger partial charge in [-0.1, -0.05) is 15.9 Å². The molecule has 1 fully saturated rings. The van der Waals surface area contributed by atoms with E-state index in [0.29, 0.717) is 17.6 Å². The fourth-order valence-electron chi connectivity index (χ4n) is 2.00. The Labute approximate surface area is 118 Å². The number of aliphatic carboxylic acids is 1. The molecule has 0 radical (unpaired) electrons. The number of nitrogens with zero attached hydrogens (tertiary/aromatic N) is 1. The lowest BCUT2D eigenvalue weighted by Gasteiger charge is -2.33. The normalized spacial score (nSPS) is 19.2. The molecule has 19 heavy (non-hydrogen) atoms. The number of phenols is 1.